The number of carbonyl (C=O) groups excluding carboxylic acids is 1. The molecule has 0 unspecified atom stereocenters. The highest BCUT2D eigenvalue weighted by molar-refractivity contribution is 14.1. The van der Waals surface area contributed by atoms with Crippen LogP contribution in [0.3, 0.4) is 0 Å². The molecule has 1 aromatic rings. The molecule has 0 spiro atoms. The van der Waals surface area contributed by atoms with E-state index in [1.165, 1.54) is 0 Å². The number of methoxy groups -OCH3 is 1. The molecular formula is C12H16INO4. The second kappa shape index (κ2) is 8.28. The Morgan fingerprint density at radius 2 is 2.17 bits per heavy atom. The van der Waals surface area contributed by atoms with Crippen LogP contribution in [0.15, 0.2) is 24.3 Å². The molecule has 0 aliphatic rings. The van der Waals surface area contributed by atoms with E-state index in [2.05, 4.69) is 22.6 Å². The minimum absolute atomic E-state index is 0.217. The minimum atomic E-state index is -0.786. The Kier molecular flexibility index (Phi) is 6.99. The molecule has 1 rings (SSSR count). The normalized spacial score (nSPS) is 12.1. The zero-order chi connectivity index (χ0) is 13.4. The van der Waals surface area contributed by atoms with Crippen molar-refractivity contribution in [3.05, 3.63) is 33.4 Å². The molecule has 0 bridgehead atoms. The van der Waals surface area contributed by atoms with Crippen LogP contribution in [0, 0.1) is 3.57 Å². The van der Waals surface area contributed by atoms with Gasteiger partial charge in [0.15, 0.2) is 0 Å². The average Bonchev–Trinajstić information content (AvgIpc) is 2.33. The lowest BCUT2D eigenvalue weighted by atomic mass is 10.1. The molecule has 0 aliphatic carbocycles. The first-order valence-corrected chi connectivity index (χ1v) is 6.50. The third-order valence-electron chi connectivity index (χ3n) is 2.24. The zero-order valence-corrected chi connectivity index (χ0v) is 12.3. The third-order valence-corrected chi connectivity index (χ3v) is 3.22. The van der Waals surface area contributed by atoms with E-state index in [4.69, 9.17) is 19.9 Å². The number of ether oxygens (including phenoxy) is 3. The molecule has 100 valence electrons. The van der Waals surface area contributed by atoms with Gasteiger partial charge in [-0.1, -0.05) is 18.2 Å². The molecule has 0 aromatic heterocycles. The van der Waals surface area contributed by atoms with Crippen molar-refractivity contribution in [2.75, 3.05) is 20.5 Å². The van der Waals surface area contributed by atoms with Crippen LogP contribution in [-0.2, 0) is 14.2 Å². The van der Waals surface area contributed by atoms with Crippen molar-refractivity contribution >= 4 is 28.7 Å². The number of carbonyl (C=O) groups is 1. The molecule has 0 saturated heterocycles. The molecule has 0 saturated carbocycles. The summed E-state index contributed by atoms with van der Waals surface area (Å²) in [6, 6.07) is 7.67. The highest BCUT2D eigenvalue weighted by atomic mass is 127. The quantitative estimate of drug-likeness (QED) is 0.458. The minimum Gasteiger partial charge on any atom is -0.441 e. The van der Waals surface area contributed by atoms with Gasteiger partial charge in [-0.15, -0.1) is 0 Å². The maximum Gasteiger partial charge on any atom is 0.405 e. The Morgan fingerprint density at radius 1 is 1.44 bits per heavy atom. The van der Waals surface area contributed by atoms with Crippen molar-refractivity contribution in [1.82, 2.24) is 0 Å². The Balaban J connectivity index is 2.66. The molecule has 0 radical (unpaired) electrons. The Hall–Kier alpha value is -0.860. The van der Waals surface area contributed by atoms with Crippen LogP contribution in [0.25, 0.3) is 0 Å². The maximum atomic E-state index is 10.9. The van der Waals surface area contributed by atoms with Gasteiger partial charge >= 0.3 is 6.09 Å². The molecule has 1 aromatic carbocycles. The highest BCUT2D eigenvalue weighted by Gasteiger charge is 2.17. The largest absolute Gasteiger partial charge is 0.441 e. The molecule has 6 heteroatoms. The molecule has 0 heterocycles. The van der Waals surface area contributed by atoms with Crippen LogP contribution in [0.2, 0.25) is 0 Å². The van der Waals surface area contributed by atoms with Gasteiger partial charge in [-0.25, -0.2) is 4.79 Å². The lowest BCUT2D eigenvalue weighted by Crippen LogP contribution is -2.19. The number of amides is 1. The summed E-state index contributed by atoms with van der Waals surface area (Å²) >= 11 is 2.19. The van der Waals surface area contributed by atoms with Crippen LogP contribution in [0.4, 0.5) is 4.79 Å². The van der Waals surface area contributed by atoms with E-state index in [-0.39, 0.29) is 6.79 Å². The number of hydrogen-bond acceptors (Lipinski definition) is 4. The molecule has 0 aliphatic heterocycles. The van der Waals surface area contributed by atoms with Crippen LogP contribution < -0.4 is 5.73 Å². The van der Waals surface area contributed by atoms with Crippen molar-refractivity contribution in [1.29, 1.82) is 0 Å². The van der Waals surface area contributed by atoms with Crippen molar-refractivity contribution in [3.8, 4) is 0 Å². The highest BCUT2D eigenvalue weighted by Crippen LogP contribution is 2.25. The standard InChI is InChI=1S/C12H16INO4/c1-16-8-17-7-6-11(18-12(14)15)9-4-2-3-5-10(9)13/h2-5,11H,6-8H2,1H3,(H2,14,15)/t11-/m1/s1. The van der Waals surface area contributed by atoms with Crippen molar-refractivity contribution < 1.29 is 19.0 Å². The number of benzene rings is 1. The van der Waals surface area contributed by atoms with E-state index in [1.54, 1.807) is 7.11 Å². The van der Waals surface area contributed by atoms with E-state index >= 15 is 0 Å². The summed E-state index contributed by atoms with van der Waals surface area (Å²) in [7, 11) is 1.55. The van der Waals surface area contributed by atoms with Gasteiger partial charge in [0.25, 0.3) is 0 Å². The molecule has 18 heavy (non-hydrogen) atoms. The molecule has 1 atom stereocenters. The first-order valence-electron chi connectivity index (χ1n) is 5.42. The number of nitrogens with two attached hydrogens (primary N) is 1. The van der Waals surface area contributed by atoms with E-state index in [0.717, 1.165) is 9.13 Å². The number of halogens is 1. The molecule has 5 nitrogen and oxygen atoms in total. The molecular weight excluding hydrogens is 349 g/mol. The second-order valence-electron chi connectivity index (χ2n) is 3.55. The van der Waals surface area contributed by atoms with Gasteiger partial charge in [0.2, 0.25) is 0 Å². The van der Waals surface area contributed by atoms with E-state index in [9.17, 15) is 4.79 Å². The van der Waals surface area contributed by atoms with Crippen LogP contribution in [0.1, 0.15) is 18.1 Å². The SMILES string of the molecule is COCOCC[C@@H](OC(N)=O)c1ccccc1I. The predicted octanol–water partition coefficient (Wildman–Crippen LogP) is 2.44. The molecule has 1 amide bonds. The summed E-state index contributed by atoms with van der Waals surface area (Å²) in [5.74, 6) is 0. The monoisotopic (exact) mass is 365 g/mol. The molecule has 2 N–H and O–H groups in total. The average molecular weight is 365 g/mol. The van der Waals surface area contributed by atoms with Gasteiger partial charge in [-0.05, 0) is 28.7 Å². The van der Waals surface area contributed by atoms with E-state index in [1.807, 2.05) is 24.3 Å². The van der Waals surface area contributed by atoms with Gasteiger partial charge in [-0.3, -0.25) is 0 Å². The Morgan fingerprint density at radius 3 is 2.78 bits per heavy atom. The maximum absolute atomic E-state index is 10.9. The smallest absolute Gasteiger partial charge is 0.405 e. The van der Waals surface area contributed by atoms with Gasteiger partial charge in [0, 0.05) is 22.7 Å². The van der Waals surface area contributed by atoms with Crippen LogP contribution in [-0.4, -0.2) is 26.6 Å². The summed E-state index contributed by atoms with van der Waals surface area (Å²) in [6.07, 6.45) is -0.648. The van der Waals surface area contributed by atoms with Crippen LogP contribution in [0.5, 0.6) is 0 Å². The summed E-state index contributed by atoms with van der Waals surface area (Å²) < 4.78 is 16.1. The fraction of sp³-hybridized carbons (Fsp3) is 0.417. The summed E-state index contributed by atoms with van der Waals surface area (Å²) in [5, 5.41) is 0. The number of hydrogen-bond donors (Lipinski definition) is 1. The predicted molar refractivity (Wildman–Crippen MR) is 75.0 cm³/mol. The van der Waals surface area contributed by atoms with Crippen LogP contribution >= 0.6 is 22.6 Å². The van der Waals surface area contributed by atoms with Gasteiger partial charge < -0.3 is 19.9 Å². The van der Waals surface area contributed by atoms with Crippen molar-refractivity contribution in [2.24, 2.45) is 5.73 Å². The van der Waals surface area contributed by atoms with Crippen molar-refractivity contribution in [2.45, 2.75) is 12.5 Å². The van der Waals surface area contributed by atoms with Gasteiger partial charge in [0.1, 0.15) is 12.9 Å². The lowest BCUT2D eigenvalue weighted by molar-refractivity contribution is -0.0408. The van der Waals surface area contributed by atoms with E-state index in [0.29, 0.717) is 13.0 Å². The summed E-state index contributed by atoms with van der Waals surface area (Å²) in [4.78, 5) is 10.9. The molecule has 0 fully saturated rings. The fourth-order valence-electron chi connectivity index (χ4n) is 1.49. The van der Waals surface area contributed by atoms with E-state index < -0.39 is 12.2 Å². The third kappa shape index (κ3) is 5.19. The van der Waals surface area contributed by atoms with Gasteiger partial charge in [-0.2, -0.15) is 0 Å². The first kappa shape index (κ1) is 15.2. The topological polar surface area (TPSA) is 70.8 Å². The number of primary amides is 1. The van der Waals surface area contributed by atoms with Crippen molar-refractivity contribution in [3.63, 3.8) is 0 Å². The summed E-state index contributed by atoms with van der Waals surface area (Å²) in [6.45, 7) is 0.645. The lowest BCUT2D eigenvalue weighted by Gasteiger charge is -2.18. The Labute approximate surface area is 120 Å². The zero-order valence-electron chi connectivity index (χ0n) is 10.1. The fourth-order valence-corrected chi connectivity index (χ4v) is 2.22. The summed E-state index contributed by atoms with van der Waals surface area (Å²) in [5.41, 5.74) is 6.01. The Bertz CT molecular complexity index is 386. The first-order chi connectivity index (χ1) is 8.65. The number of rotatable bonds is 7. The second-order valence-corrected chi connectivity index (χ2v) is 4.71. The van der Waals surface area contributed by atoms with Gasteiger partial charge in [0.05, 0.1) is 6.61 Å².